The average Bonchev–Trinajstić information content (AvgIpc) is 3.22. The highest BCUT2D eigenvalue weighted by Gasteiger charge is 2.43. The first-order valence-electron chi connectivity index (χ1n) is 14.3. The monoisotopic (exact) mass is 681 g/mol. The van der Waals surface area contributed by atoms with E-state index in [9.17, 15) is 17.7 Å². The number of rotatable bonds is 13. The summed E-state index contributed by atoms with van der Waals surface area (Å²) in [5.74, 6) is 0.151. The van der Waals surface area contributed by atoms with Crippen LogP contribution in [0.25, 0.3) is 0 Å². The van der Waals surface area contributed by atoms with Crippen LogP contribution in [0.15, 0.2) is 41.4 Å². The molecular formula is C31H41Cl2F3NO6P. The molecule has 0 N–H and O–H groups in total. The summed E-state index contributed by atoms with van der Waals surface area (Å²) in [5, 5.41) is 0.986. The summed E-state index contributed by atoms with van der Waals surface area (Å²) in [4.78, 5) is 4.58. The number of ether oxygens (including phenoxy) is 2. The van der Waals surface area contributed by atoms with Crippen molar-refractivity contribution in [1.29, 1.82) is 0 Å². The third-order valence-electron chi connectivity index (χ3n) is 6.23. The molecule has 0 amide bonds. The number of alkyl halides is 3. The predicted octanol–water partition coefficient (Wildman–Crippen LogP) is 9.90. The molecule has 3 rings (SSSR count). The number of hydrogen-bond donors (Lipinski definition) is 0. The van der Waals surface area contributed by atoms with Crippen LogP contribution >= 0.6 is 31.0 Å². The molecule has 0 spiro atoms. The molecule has 7 nitrogen and oxygen atoms in total. The summed E-state index contributed by atoms with van der Waals surface area (Å²) in [6, 6.07) is 9.15. The standard InChI is InChI=1S/C31H41Cl2F3NO6P/c1-21-37-30(19-40-21,20-41-44(38,42-28(2,3)4)43-29(5,6)7)13-12-22-10-11-27(26(17-22)31(34,35)36)39-14-8-9-23-15-24(32)18-25(33)16-23/h10-11,15-18H,8-9,12-14,19-20H2,1-7H3. The Balaban J connectivity index is 1.71. The molecule has 1 aliphatic heterocycles. The van der Waals surface area contributed by atoms with Crippen molar-refractivity contribution >= 4 is 36.9 Å². The molecule has 13 heteroatoms. The van der Waals surface area contributed by atoms with E-state index in [2.05, 4.69) is 4.99 Å². The number of benzene rings is 2. The van der Waals surface area contributed by atoms with Crippen LogP contribution in [-0.4, -0.2) is 42.5 Å². The third kappa shape index (κ3) is 11.8. The Morgan fingerprint density at radius 2 is 1.55 bits per heavy atom. The molecule has 1 atom stereocenters. The first-order chi connectivity index (χ1) is 20.2. The van der Waals surface area contributed by atoms with Crippen LogP contribution in [0.2, 0.25) is 10.0 Å². The van der Waals surface area contributed by atoms with Crippen LogP contribution in [0.5, 0.6) is 5.75 Å². The van der Waals surface area contributed by atoms with Gasteiger partial charge in [0.25, 0.3) is 0 Å². The van der Waals surface area contributed by atoms with Gasteiger partial charge in [-0.15, -0.1) is 0 Å². The van der Waals surface area contributed by atoms with Crippen molar-refractivity contribution in [2.24, 2.45) is 4.99 Å². The highest BCUT2D eigenvalue weighted by molar-refractivity contribution is 7.48. The third-order valence-corrected chi connectivity index (χ3v) is 8.65. The van der Waals surface area contributed by atoms with Gasteiger partial charge in [-0.2, -0.15) is 13.2 Å². The zero-order chi connectivity index (χ0) is 33.0. The molecule has 246 valence electrons. The Morgan fingerprint density at radius 3 is 2.07 bits per heavy atom. The molecule has 44 heavy (non-hydrogen) atoms. The van der Waals surface area contributed by atoms with E-state index >= 15 is 0 Å². The van der Waals surface area contributed by atoms with E-state index in [0.717, 1.165) is 11.6 Å². The van der Waals surface area contributed by atoms with Gasteiger partial charge in [-0.3, -0.25) is 13.6 Å². The molecule has 1 heterocycles. The Bertz CT molecular complexity index is 1330. The lowest BCUT2D eigenvalue weighted by Gasteiger charge is -2.33. The summed E-state index contributed by atoms with van der Waals surface area (Å²) in [6.45, 7) is 12.0. The minimum absolute atomic E-state index is 0.0751. The minimum atomic E-state index is -4.63. The number of phosphoric acid groups is 1. The van der Waals surface area contributed by atoms with Gasteiger partial charge in [0.2, 0.25) is 0 Å². The lowest BCUT2D eigenvalue weighted by atomic mass is 9.93. The van der Waals surface area contributed by atoms with Gasteiger partial charge >= 0.3 is 14.0 Å². The fraction of sp³-hybridized carbons (Fsp3) is 0.581. The van der Waals surface area contributed by atoms with Crippen molar-refractivity contribution in [2.45, 2.75) is 97.1 Å². The van der Waals surface area contributed by atoms with Crippen LogP contribution in [0.1, 0.15) is 78.0 Å². The highest BCUT2D eigenvalue weighted by atomic mass is 35.5. The topological polar surface area (TPSA) is 75.6 Å². The SMILES string of the molecule is CC1=NC(CCc2ccc(OCCCc3cc(Cl)cc(Cl)c3)c(C(F)(F)F)c2)(COP(=O)(OC(C)(C)C)OC(C)(C)C)CO1. The van der Waals surface area contributed by atoms with E-state index < -0.39 is 36.3 Å². The Labute approximate surface area is 268 Å². The van der Waals surface area contributed by atoms with Gasteiger partial charge in [0.1, 0.15) is 17.9 Å². The van der Waals surface area contributed by atoms with Crippen molar-refractivity contribution in [3.63, 3.8) is 0 Å². The second kappa shape index (κ2) is 14.3. The number of hydrogen-bond acceptors (Lipinski definition) is 7. The maximum absolute atomic E-state index is 14.1. The van der Waals surface area contributed by atoms with Crippen molar-refractivity contribution in [2.75, 3.05) is 19.8 Å². The van der Waals surface area contributed by atoms with Crippen molar-refractivity contribution in [3.05, 3.63) is 63.1 Å². The number of aliphatic imine (C=N–C) groups is 1. The summed E-state index contributed by atoms with van der Waals surface area (Å²) in [6.07, 6.45) is -3.14. The molecule has 0 saturated heterocycles. The predicted molar refractivity (Wildman–Crippen MR) is 167 cm³/mol. The second-order valence-electron chi connectivity index (χ2n) is 12.8. The van der Waals surface area contributed by atoms with Crippen molar-refractivity contribution < 1.29 is 40.8 Å². The lowest BCUT2D eigenvalue weighted by Crippen LogP contribution is -2.36. The van der Waals surface area contributed by atoms with Crippen LogP contribution in [0.3, 0.4) is 0 Å². The molecule has 0 aromatic heterocycles. The zero-order valence-electron chi connectivity index (χ0n) is 26.1. The minimum Gasteiger partial charge on any atom is -0.493 e. The molecule has 0 fully saturated rings. The maximum atomic E-state index is 14.1. The van der Waals surface area contributed by atoms with Crippen molar-refractivity contribution in [1.82, 2.24) is 0 Å². The molecule has 0 radical (unpaired) electrons. The summed E-state index contributed by atoms with van der Waals surface area (Å²) < 4.78 is 84.2. The summed E-state index contributed by atoms with van der Waals surface area (Å²) in [7, 11) is -4.05. The molecule has 0 aliphatic carbocycles. The van der Waals surface area contributed by atoms with E-state index in [-0.39, 0.29) is 38.4 Å². The molecule has 2 aromatic rings. The number of phosphoric ester groups is 1. The molecular weight excluding hydrogens is 641 g/mol. The molecule has 0 saturated carbocycles. The number of aryl methyl sites for hydroxylation is 2. The Morgan fingerprint density at radius 1 is 0.932 bits per heavy atom. The highest BCUT2D eigenvalue weighted by Crippen LogP contribution is 2.56. The molecule has 1 unspecified atom stereocenters. The normalized spacial score (nSPS) is 17.9. The number of halogens is 5. The largest absolute Gasteiger partial charge is 0.493 e. The summed E-state index contributed by atoms with van der Waals surface area (Å²) >= 11 is 12.1. The van der Waals surface area contributed by atoms with E-state index in [1.807, 2.05) is 0 Å². The quantitative estimate of drug-likeness (QED) is 0.155. The van der Waals surface area contributed by atoms with Crippen molar-refractivity contribution in [3.8, 4) is 5.75 Å². The average molecular weight is 683 g/mol. The van der Waals surface area contributed by atoms with E-state index in [4.69, 9.17) is 46.2 Å². The zero-order valence-corrected chi connectivity index (χ0v) is 28.6. The van der Waals surface area contributed by atoms with E-state index in [0.29, 0.717) is 34.3 Å². The Hall–Kier alpha value is -1.81. The van der Waals surface area contributed by atoms with Crippen LogP contribution < -0.4 is 4.74 Å². The van der Waals surface area contributed by atoms with E-state index in [1.165, 1.54) is 6.07 Å². The molecule has 1 aliphatic rings. The molecule has 2 aromatic carbocycles. The lowest BCUT2D eigenvalue weighted by molar-refractivity contribution is -0.139. The van der Waals surface area contributed by atoms with Gasteiger partial charge in [0, 0.05) is 17.0 Å². The molecule has 0 bridgehead atoms. The number of nitrogens with zero attached hydrogens (tertiary/aromatic N) is 1. The van der Waals surface area contributed by atoms with Gasteiger partial charge in [-0.1, -0.05) is 29.3 Å². The van der Waals surface area contributed by atoms with Gasteiger partial charge in [-0.05, 0) is 109 Å². The van der Waals surface area contributed by atoms with Crippen LogP contribution in [0.4, 0.5) is 13.2 Å². The second-order valence-corrected chi connectivity index (χ2v) is 15.2. The van der Waals surface area contributed by atoms with Gasteiger partial charge in [-0.25, -0.2) is 9.56 Å². The fourth-order valence-corrected chi connectivity index (χ4v) is 6.98. The van der Waals surface area contributed by atoms with Crippen LogP contribution in [-0.2, 0) is 41.9 Å². The van der Waals surface area contributed by atoms with Gasteiger partial charge in [0.15, 0.2) is 5.90 Å². The van der Waals surface area contributed by atoms with Gasteiger partial charge in [0.05, 0.1) is 30.0 Å². The fourth-order valence-electron chi connectivity index (χ4n) is 4.52. The van der Waals surface area contributed by atoms with Crippen LogP contribution in [0, 0.1) is 0 Å². The first kappa shape index (κ1) is 36.7. The summed E-state index contributed by atoms with van der Waals surface area (Å²) in [5.41, 5.74) is -2.23. The van der Waals surface area contributed by atoms with Gasteiger partial charge < -0.3 is 9.47 Å². The maximum Gasteiger partial charge on any atom is 0.475 e. The first-order valence-corrected chi connectivity index (χ1v) is 16.5. The Kier molecular flexibility index (Phi) is 11.9. The van der Waals surface area contributed by atoms with E-state index in [1.54, 1.807) is 72.7 Å². The smallest absolute Gasteiger partial charge is 0.475 e.